The summed E-state index contributed by atoms with van der Waals surface area (Å²) in [5, 5.41) is 0. The average Bonchev–Trinajstić information content (AvgIpc) is 2.77. The number of hydrogen-bond donors (Lipinski definition) is 4. The Labute approximate surface area is 184 Å². The Bertz CT molecular complexity index is 1210. The van der Waals surface area contributed by atoms with Crippen LogP contribution in [0.3, 0.4) is 0 Å². The van der Waals surface area contributed by atoms with Gasteiger partial charge in [-0.1, -0.05) is 36.4 Å². The Morgan fingerprint density at radius 2 is 1.22 bits per heavy atom. The predicted molar refractivity (Wildman–Crippen MR) is 123 cm³/mol. The van der Waals surface area contributed by atoms with Crippen molar-refractivity contribution in [3.63, 3.8) is 0 Å². The fourth-order valence-electron chi connectivity index (χ4n) is 2.92. The first kappa shape index (κ1) is 22.0. The Balaban J connectivity index is 1.76. The topological polar surface area (TPSA) is 172 Å². The zero-order chi connectivity index (χ0) is 23.1. The van der Waals surface area contributed by atoms with Gasteiger partial charge in [0.2, 0.25) is 0 Å². The minimum atomic E-state index is -0.549. The molecule has 0 saturated carbocycles. The Morgan fingerprint density at radius 3 is 1.84 bits per heavy atom. The smallest absolute Gasteiger partial charge is 0.280 e. The third-order valence-corrected chi connectivity index (χ3v) is 4.32. The zero-order valence-electron chi connectivity index (χ0n) is 17.1. The minimum absolute atomic E-state index is 0.264. The number of carbonyl (C=O) groups is 2. The Hall–Kier alpha value is -4.66. The summed E-state index contributed by atoms with van der Waals surface area (Å²) in [6, 6.07) is 21.2. The van der Waals surface area contributed by atoms with Crippen molar-refractivity contribution in [2.45, 2.75) is 6.61 Å². The second-order valence-electron chi connectivity index (χ2n) is 6.78. The highest BCUT2D eigenvalue weighted by Crippen LogP contribution is 2.23. The molecule has 162 valence electrons. The first-order valence-electron chi connectivity index (χ1n) is 9.52. The number of carbonyl (C=O) groups excluding carboxylic acids is 2. The van der Waals surface area contributed by atoms with Crippen molar-refractivity contribution >= 4 is 23.7 Å². The molecule has 0 heterocycles. The number of hydrogen-bond acceptors (Lipinski definition) is 3. The van der Waals surface area contributed by atoms with Gasteiger partial charge in [0.05, 0.1) is 0 Å². The van der Waals surface area contributed by atoms with Crippen LogP contribution >= 0.6 is 0 Å². The molecule has 0 atom stereocenters. The van der Waals surface area contributed by atoms with E-state index in [2.05, 4.69) is 9.98 Å². The van der Waals surface area contributed by atoms with Crippen molar-refractivity contribution in [3.8, 4) is 16.9 Å². The average molecular weight is 430 g/mol. The van der Waals surface area contributed by atoms with Gasteiger partial charge in [0.15, 0.2) is 11.9 Å². The lowest BCUT2D eigenvalue weighted by atomic mass is 10.0. The van der Waals surface area contributed by atoms with Gasteiger partial charge in [0, 0.05) is 11.1 Å². The van der Waals surface area contributed by atoms with E-state index in [1.807, 2.05) is 30.3 Å². The van der Waals surface area contributed by atoms with Crippen LogP contribution in [0.15, 0.2) is 82.8 Å². The van der Waals surface area contributed by atoms with Crippen LogP contribution < -0.4 is 27.7 Å². The number of rotatable bonds is 6. The summed E-state index contributed by atoms with van der Waals surface area (Å²) in [5.74, 6) is -1.16. The van der Waals surface area contributed by atoms with Gasteiger partial charge in [-0.15, -0.1) is 0 Å². The predicted octanol–water partition coefficient (Wildman–Crippen LogP) is 1.76. The molecule has 0 aliphatic carbocycles. The third-order valence-electron chi connectivity index (χ3n) is 4.32. The van der Waals surface area contributed by atoms with Crippen LogP contribution in [-0.4, -0.2) is 23.7 Å². The molecule has 0 bridgehead atoms. The summed E-state index contributed by atoms with van der Waals surface area (Å²) in [6.07, 6.45) is 0. The quantitative estimate of drug-likeness (QED) is 0.340. The van der Waals surface area contributed by atoms with Crippen LogP contribution in [0.2, 0.25) is 0 Å². The van der Waals surface area contributed by atoms with Crippen LogP contribution in [0.4, 0.5) is 0 Å². The molecule has 32 heavy (non-hydrogen) atoms. The maximum Gasteiger partial charge on any atom is 0.280 e. The number of aliphatic imine (C=N–C) groups is 2. The van der Waals surface area contributed by atoms with Gasteiger partial charge in [-0.05, 0) is 53.1 Å². The summed E-state index contributed by atoms with van der Waals surface area (Å²) in [6.45, 7) is 0.264. The van der Waals surface area contributed by atoms with Gasteiger partial charge in [-0.25, -0.2) is 0 Å². The lowest BCUT2D eigenvalue weighted by molar-refractivity contribution is 0.0994. The van der Waals surface area contributed by atoms with Gasteiger partial charge >= 0.3 is 0 Å². The van der Waals surface area contributed by atoms with Crippen molar-refractivity contribution in [2.24, 2.45) is 32.9 Å². The number of ether oxygens (including phenoxy) is 1. The van der Waals surface area contributed by atoms with E-state index in [1.165, 1.54) is 0 Å². The number of benzene rings is 3. The van der Waals surface area contributed by atoms with Crippen LogP contribution in [0, 0.1) is 0 Å². The van der Waals surface area contributed by atoms with Gasteiger partial charge < -0.3 is 27.7 Å². The van der Waals surface area contributed by atoms with Crippen LogP contribution in [0.5, 0.6) is 5.75 Å². The molecule has 0 unspecified atom stereocenters. The van der Waals surface area contributed by atoms with E-state index in [-0.39, 0.29) is 18.5 Å². The molecule has 2 amide bonds. The Kier molecular flexibility index (Phi) is 6.81. The van der Waals surface area contributed by atoms with E-state index in [0.717, 1.165) is 16.7 Å². The molecule has 0 spiro atoms. The SMILES string of the molecule is NC(N)=NC(=O)c1cccc(OCc2cccc(-c3cccc(C(=O)N=C(N)N)c3)c2)c1. The molecule has 0 fully saturated rings. The molecule has 3 aromatic carbocycles. The monoisotopic (exact) mass is 430 g/mol. The van der Waals surface area contributed by atoms with E-state index in [1.54, 1.807) is 42.5 Å². The fraction of sp³-hybridized carbons (Fsp3) is 0.0435. The van der Waals surface area contributed by atoms with Crippen molar-refractivity contribution in [2.75, 3.05) is 0 Å². The highest BCUT2D eigenvalue weighted by molar-refractivity contribution is 6.03. The van der Waals surface area contributed by atoms with Crippen molar-refractivity contribution in [3.05, 3.63) is 89.5 Å². The van der Waals surface area contributed by atoms with E-state index in [4.69, 9.17) is 27.7 Å². The summed E-state index contributed by atoms with van der Waals surface area (Å²) >= 11 is 0. The number of amides is 2. The molecule has 8 N–H and O–H groups in total. The largest absolute Gasteiger partial charge is 0.489 e. The highest BCUT2D eigenvalue weighted by Gasteiger charge is 2.09. The van der Waals surface area contributed by atoms with Crippen molar-refractivity contribution < 1.29 is 14.3 Å². The van der Waals surface area contributed by atoms with Gasteiger partial charge in [-0.3, -0.25) is 9.59 Å². The molecule has 9 nitrogen and oxygen atoms in total. The second-order valence-corrected chi connectivity index (χ2v) is 6.78. The standard InChI is InChI=1S/C23H22N6O3/c24-22(25)28-20(30)17-7-2-6-16(11-17)15-5-1-4-14(10-15)13-32-19-9-3-8-18(12-19)21(31)29-23(26)27/h1-12H,13H2,(H4,24,25,28,30)(H4,26,27,29,31). The van der Waals surface area contributed by atoms with E-state index in [9.17, 15) is 9.59 Å². The molecular weight excluding hydrogens is 408 g/mol. The molecule has 9 heteroatoms. The van der Waals surface area contributed by atoms with Gasteiger partial charge in [0.25, 0.3) is 11.8 Å². The first-order chi connectivity index (χ1) is 15.3. The second kappa shape index (κ2) is 9.90. The lowest BCUT2D eigenvalue weighted by Gasteiger charge is -2.09. The molecule has 0 radical (unpaired) electrons. The molecular formula is C23H22N6O3. The number of nitrogens with two attached hydrogens (primary N) is 4. The maximum absolute atomic E-state index is 12.1. The van der Waals surface area contributed by atoms with Crippen LogP contribution in [-0.2, 0) is 6.61 Å². The first-order valence-corrected chi connectivity index (χ1v) is 9.52. The summed E-state index contributed by atoms with van der Waals surface area (Å²) in [4.78, 5) is 31.1. The molecule has 0 saturated heterocycles. The summed E-state index contributed by atoms with van der Waals surface area (Å²) in [7, 11) is 0. The normalized spacial score (nSPS) is 10.1. The summed E-state index contributed by atoms with van der Waals surface area (Å²) in [5.41, 5.74) is 24.4. The van der Waals surface area contributed by atoms with Gasteiger partial charge in [-0.2, -0.15) is 9.98 Å². The number of nitrogens with zero attached hydrogens (tertiary/aromatic N) is 2. The van der Waals surface area contributed by atoms with Crippen molar-refractivity contribution in [1.29, 1.82) is 0 Å². The molecule has 3 rings (SSSR count). The fourth-order valence-corrected chi connectivity index (χ4v) is 2.92. The molecule has 0 aliphatic heterocycles. The van der Waals surface area contributed by atoms with E-state index < -0.39 is 11.8 Å². The summed E-state index contributed by atoms with van der Waals surface area (Å²) < 4.78 is 5.82. The van der Waals surface area contributed by atoms with E-state index in [0.29, 0.717) is 16.9 Å². The number of guanidine groups is 2. The Morgan fingerprint density at radius 1 is 0.688 bits per heavy atom. The third kappa shape index (κ3) is 5.92. The van der Waals surface area contributed by atoms with Crippen molar-refractivity contribution in [1.82, 2.24) is 0 Å². The van der Waals surface area contributed by atoms with Gasteiger partial charge in [0.1, 0.15) is 12.4 Å². The highest BCUT2D eigenvalue weighted by atomic mass is 16.5. The van der Waals surface area contributed by atoms with Crippen LogP contribution in [0.25, 0.3) is 11.1 Å². The minimum Gasteiger partial charge on any atom is -0.489 e. The zero-order valence-corrected chi connectivity index (χ0v) is 17.1. The molecule has 0 aliphatic rings. The lowest BCUT2D eigenvalue weighted by Crippen LogP contribution is -2.24. The maximum atomic E-state index is 12.1. The van der Waals surface area contributed by atoms with Crippen LogP contribution in [0.1, 0.15) is 26.3 Å². The molecule has 3 aromatic rings. The van der Waals surface area contributed by atoms with E-state index >= 15 is 0 Å². The molecule has 0 aromatic heterocycles.